The lowest BCUT2D eigenvalue weighted by Gasteiger charge is -2.10. The minimum Gasteiger partial charge on any atom is -0.496 e. The molecule has 0 amide bonds. The van der Waals surface area contributed by atoms with Crippen LogP contribution in [0.1, 0.15) is 16.7 Å². The van der Waals surface area contributed by atoms with Crippen LogP contribution in [0.25, 0.3) is 16.9 Å². The zero-order chi connectivity index (χ0) is 17.6. The molecule has 2 aromatic carbocycles. The van der Waals surface area contributed by atoms with Gasteiger partial charge in [-0.1, -0.05) is 33.6 Å². The van der Waals surface area contributed by atoms with E-state index in [4.69, 9.17) is 9.84 Å². The molecule has 0 unspecified atom stereocenters. The summed E-state index contributed by atoms with van der Waals surface area (Å²) in [4.78, 5) is 0. The largest absolute Gasteiger partial charge is 0.496 e. The molecule has 128 valence electrons. The lowest BCUT2D eigenvalue weighted by atomic mass is 10.1. The average molecular weight is 398 g/mol. The molecule has 5 heteroatoms. The van der Waals surface area contributed by atoms with Gasteiger partial charge in [-0.25, -0.2) is 4.68 Å². The Balaban J connectivity index is 1.94. The van der Waals surface area contributed by atoms with Gasteiger partial charge in [0.15, 0.2) is 0 Å². The predicted octanol–water partition coefficient (Wildman–Crippen LogP) is 4.90. The highest BCUT2D eigenvalue weighted by Gasteiger charge is 2.26. The van der Waals surface area contributed by atoms with E-state index < -0.39 is 0 Å². The number of ether oxygens (including phenoxy) is 1. The fourth-order valence-electron chi connectivity index (χ4n) is 3.47. The lowest BCUT2D eigenvalue weighted by Crippen LogP contribution is -2.06. The Labute approximate surface area is 156 Å². The number of benzene rings is 2. The predicted molar refractivity (Wildman–Crippen MR) is 105 cm³/mol. The number of rotatable bonds is 3. The molecule has 0 atom stereocenters. The van der Waals surface area contributed by atoms with Crippen LogP contribution >= 0.6 is 15.9 Å². The molecule has 0 aliphatic carbocycles. The average Bonchev–Trinajstić information content (AvgIpc) is 3.18. The van der Waals surface area contributed by atoms with Gasteiger partial charge in [-0.3, -0.25) is 0 Å². The molecule has 4 rings (SSSR count). The third-order valence-corrected chi connectivity index (χ3v) is 5.14. The van der Waals surface area contributed by atoms with E-state index in [-0.39, 0.29) is 0 Å². The van der Waals surface area contributed by atoms with Gasteiger partial charge in [-0.2, -0.15) is 5.10 Å². The molecule has 0 radical (unpaired) electrons. The summed E-state index contributed by atoms with van der Waals surface area (Å²) < 4.78 is 8.63. The van der Waals surface area contributed by atoms with Gasteiger partial charge >= 0.3 is 0 Å². The van der Waals surface area contributed by atoms with Crippen LogP contribution in [0.3, 0.4) is 0 Å². The topological polar surface area (TPSA) is 39.1 Å². The third kappa shape index (κ3) is 2.72. The maximum atomic E-state index is 5.58. The van der Waals surface area contributed by atoms with Crippen molar-refractivity contribution in [1.29, 1.82) is 0 Å². The number of hydrogen-bond donors (Lipinski definition) is 1. The van der Waals surface area contributed by atoms with Gasteiger partial charge in [0.1, 0.15) is 17.3 Å². The van der Waals surface area contributed by atoms with Gasteiger partial charge in [0.2, 0.25) is 0 Å². The fourth-order valence-corrected chi connectivity index (χ4v) is 3.83. The van der Waals surface area contributed by atoms with Gasteiger partial charge in [0.25, 0.3) is 0 Å². The first-order valence-corrected chi connectivity index (χ1v) is 9.15. The molecule has 1 aromatic heterocycles. The van der Waals surface area contributed by atoms with Gasteiger partial charge in [-0.05, 0) is 50.1 Å². The number of nitrogens with one attached hydrogen (secondary N) is 1. The zero-order valence-corrected chi connectivity index (χ0v) is 16.1. The second kappa shape index (κ2) is 6.23. The standard InChI is InChI=1S/C20H20BrN3O/c1-12-4-6-17(13(2)10-12)24-20-15(8-9-22-20)19(23-24)16-11-14(21)5-7-18(16)25-3/h4-7,10-11,22H,8-9H2,1-3H3. The summed E-state index contributed by atoms with van der Waals surface area (Å²) >= 11 is 3.57. The summed E-state index contributed by atoms with van der Waals surface area (Å²) in [5.74, 6) is 1.92. The van der Waals surface area contributed by atoms with Crippen molar-refractivity contribution in [3.63, 3.8) is 0 Å². The fraction of sp³-hybridized carbons (Fsp3) is 0.250. The normalized spacial score (nSPS) is 12.8. The molecular weight excluding hydrogens is 378 g/mol. The van der Waals surface area contributed by atoms with E-state index in [2.05, 4.69) is 59.4 Å². The Kier molecular flexibility index (Phi) is 4.04. The maximum Gasteiger partial charge on any atom is 0.133 e. The van der Waals surface area contributed by atoms with E-state index >= 15 is 0 Å². The molecule has 3 aromatic rings. The van der Waals surface area contributed by atoms with Crippen LogP contribution in [0.15, 0.2) is 40.9 Å². The highest BCUT2D eigenvalue weighted by molar-refractivity contribution is 9.10. The molecule has 0 spiro atoms. The van der Waals surface area contributed by atoms with E-state index in [9.17, 15) is 0 Å². The number of methoxy groups -OCH3 is 1. The number of fused-ring (bicyclic) bond motifs is 1. The lowest BCUT2D eigenvalue weighted by molar-refractivity contribution is 0.416. The van der Waals surface area contributed by atoms with Crippen LogP contribution in [0.5, 0.6) is 5.75 Å². The number of aryl methyl sites for hydroxylation is 2. The summed E-state index contributed by atoms with van der Waals surface area (Å²) in [5.41, 5.74) is 6.82. The Morgan fingerprint density at radius 1 is 1.16 bits per heavy atom. The number of anilines is 1. The molecular formula is C20H20BrN3O. The Morgan fingerprint density at radius 2 is 2.00 bits per heavy atom. The summed E-state index contributed by atoms with van der Waals surface area (Å²) in [6, 6.07) is 12.5. The van der Waals surface area contributed by atoms with Crippen molar-refractivity contribution in [2.24, 2.45) is 0 Å². The van der Waals surface area contributed by atoms with Crippen LogP contribution in [-0.4, -0.2) is 23.4 Å². The Bertz CT molecular complexity index is 962. The molecule has 1 aliphatic heterocycles. The van der Waals surface area contributed by atoms with Gasteiger partial charge in [0.05, 0.1) is 12.8 Å². The summed E-state index contributed by atoms with van der Waals surface area (Å²) in [7, 11) is 1.70. The molecule has 1 N–H and O–H groups in total. The SMILES string of the molecule is COc1ccc(Br)cc1-c1nn(-c2ccc(C)cc2C)c2c1CCN2. The van der Waals surface area contributed by atoms with Crippen molar-refractivity contribution in [2.45, 2.75) is 20.3 Å². The molecule has 1 aliphatic rings. The molecule has 4 nitrogen and oxygen atoms in total. The summed E-state index contributed by atoms with van der Waals surface area (Å²) in [6.45, 7) is 5.17. The molecule has 25 heavy (non-hydrogen) atoms. The highest BCUT2D eigenvalue weighted by Crippen LogP contribution is 2.40. The van der Waals surface area contributed by atoms with Crippen molar-refractivity contribution in [2.75, 3.05) is 19.0 Å². The first kappa shape index (κ1) is 16.2. The smallest absolute Gasteiger partial charge is 0.133 e. The van der Waals surface area contributed by atoms with Crippen LogP contribution in [0.4, 0.5) is 5.82 Å². The first-order valence-electron chi connectivity index (χ1n) is 8.36. The van der Waals surface area contributed by atoms with Gasteiger partial charge in [-0.15, -0.1) is 0 Å². The molecule has 0 saturated heterocycles. The monoisotopic (exact) mass is 397 g/mol. The molecule has 0 bridgehead atoms. The zero-order valence-electron chi connectivity index (χ0n) is 14.6. The van der Waals surface area contributed by atoms with Crippen LogP contribution in [0.2, 0.25) is 0 Å². The van der Waals surface area contributed by atoms with Crippen molar-refractivity contribution in [3.05, 3.63) is 57.6 Å². The number of aromatic nitrogens is 2. The molecule has 0 saturated carbocycles. The number of hydrogen-bond acceptors (Lipinski definition) is 3. The Morgan fingerprint density at radius 3 is 2.76 bits per heavy atom. The van der Waals surface area contributed by atoms with Crippen LogP contribution in [-0.2, 0) is 6.42 Å². The second-order valence-corrected chi connectivity index (χ2v) is 7.31. The van der Waals surface area contributed by atoms with Crippen molar-refractivity contribution in [1.82, 2.24) is 9.78 Å². The minimum absolute atomic E-state index is 0.836. The molecule has 2 heterocycles. The van der Waals surface area contributed by atoms with Crippen molar-refractivity contribution in [3.8, 4) is 22.7 Å². The molecule has 0 fully saturated rings. The highest BCUT2D eigenvalue weighted by atomic mass is 79.9. The van der Waals surface area contributed by atoms with E-state index in [0.29, 0.717) is 0 Å². The van der Waals surface area contributed by atoms with E-state index in [0.717, 1.165) is 46.0 Å². The van der Waals surface area contributed by atoms with E-state index in [1.165, 1.54) is 16.7 Å². The van der Waals surface area contributed by atoms with Crippen LogP contribution < -0.4 is 10.1 Å². The minimum atomic E-state index is 0.836. The number of halogens is 1. The summed E-state index contributed by atoms with van der Waals surface area (Å²) in [5, 5.41) is 8.47. The first-order chi connectivity index (χ1) is 12.1. The summed E-state index contributed by atoms with van der Waals surface area (Å²) in [6.07, 6.45) is 0.964. The van der Waals surface area contributed by atoms with E-state index in [1.54, 1.807) is 7.11 Å². The second-order valence-electron chi connectivity index (χ2n) is 6.40. The quantitative estimate of drug-likeness (QED) is 0.683. The van der Waals surface area contributed by atoms with Crippen molar-refractivity contribution < 1.29 is 4.74 Å². The number of nitrogens with zero attached hydrogens (tertiary/aromatic N) is 2. The van der Waals surface area contributed by atoms with Gasteiger partial charge in [0, 0.05) is 22.1 Å². The third-order valence-electron chi connectivity index (χ3n) is 4.65. The van der Waals surface area contributed by atoms with Gasteiger partial charge < -0.3 is 10.1 Å². The van der Waals surface area contributed by atoms with Crippen LogP contribution in [0, 0.1) is 13.8 Å². The maximum absolute atomic E-state index is 5.58. The van der Waals surface area contributed by atoms with Crippen molar-refractivity contribution >= 4 is 21.7 Å². The Hall–Kier alpha value is -2.27. The van der Waals surface area contributed by atoms with E-state index in [1.807, 2.05) is 16.8 Å².